The van der Waals surface area contributed by atoms with Crippen LogP contribution in [0.4, 0.5) is 10.2 Å². The van der Waals surface area contributed by atoms with Crippen LogP contribution in [0, 0.1) is 11.7 Å². The molecule has 1 aromatic rings. The van der Waals surface area contributed by atoms with Gasteiger partial charge in [-0.25, -0.2) is 9.37 Å². The lowest BCUT2D eigenvalue weighted by atomic mass is 10.0. The van der Waals surface area contributed by atoms with Crippen molar-refractivity contribution in [3.8, 4) is 0 Å². The summed E-state index contributed by atoms with van der Waals surface area (Å²) >= 11 is 0. The summed E-state index contributed by atoms with van der Waals surface area (Å²) in [7, 11) is 0. The number of aromatic nitrogens is 1. The first-order chi connectivity index (χ1) is 9.65. The van der Waals surface area contributed by atoms with E-state index in [2.05, 4.69) is 36.0 Å². The van der Waals surface area contributed by atoms with Gasteiger partial charge in [0.1, 0.15) is 0 Å². The van der Waals surface area contributed by atoms with E-state index in [0.717, 1.165) is 37.9 Å². The number of nitrogens with zero attached hydrogens (tertiary/aromatic N) is 2. The first-order valence-electron chi connectivity index (χ1n) is 7.75. The van der Waals surface area contributed by atoms with Crippen LogP contribution in [0.15, 0.2) is 12.3 Å². The van der Waals surface area contributed by atoms with E-state index in [4.69, 9.17) is 0 Å². The molecule has 1 aliphatic rings. The van der Waals surface area contributed by atoms with Crippen LogP contribution in [0.3, 0.4) is 0 Å². The molecule has 3 nitrogen and oxygen atoms in total. The van der Waals surface area contributed by atoms with E-state index >= 15 is 0 Å². The van der Waals surface area contributed by atoms with Gasteiger partial charge in [-0.05, 0) is 37.8 Å². The molecule has 0 bridgehead atoms. The van der Waals surface area contributed by atoms with Crippen molar-refractivity contribution < 1.29 is 4.39 Å². The lowest BCUT2D eigenvalue weighted by Crippen LogP contribution is -2.35. The van der Waals surface area contributed by atoms with E-state index in [1.54, 1.807) is 12.3 Å². The number of anilines is 1. The Morgan fingerprint density at radius 2 is 2.30 bits per heavy atom. The minimum absolute atomic E-state index is 0.149. The Bertz CT molecular complexity index is 434. The van der Waals surface area contributed by atoms with Crippen LogP contribution in [-0.4, -0.2) is 24.1 Å². The Labute approximate surface area is 121 Å². The summed E-state index contributed by atoms with van der Waals surface area (Å²) in [5.41, 5.74) is 0.720. The Balaban J connectivity index is 2.17. The fourth-order valence-electron chi connectivity index (χ4n) is 2.96. The lowest BCUT2D eigenvalue weighted by molar-refractivity contribution is 0.480. The Hall–Kier alpha value is -1.16. The molecule has 1 atom stereocenters. The van der Waals surface area contributed by atoms with E-state index in [0.29, 0.717) is 24.3 Å². The van der Waals surface area contributed by atoms with Gasteiger partial charge in [0, 0.05) is 30.9 Å². The third-order valence-electron chi connectivity index (χ3n) is 4.03. The second-order valence-electron chi connectivity index (χ2n) is 5.93. The topological polar surface area (TPSA) is 28.2 Å². The zero-order valence-electron chi connectivity index (χ0n) is 12.8. The van der Waals surface area contributed by atoms with Crippen molar-refractivity contribution in [3.05, 3.63) is 23.6 Å². The van der Waals surface area contributed by atoms with Crippen LogP contribution >= 0.6 is 0 Å². The first kappa shape index (κ1) is 15.2. The van der Waals surface area contributed by atoms with Gasteiger partial charge in [-0.2, -0.15) is 0 Å². The summed E-state index contributed by atoms with van der Waals surface area (Å²) in [6, 6.07) is 2.19. The molecule has 0 amide bonds. The molecule has 1 aromatic heterocycles. The zero-order chi connectivity index (χ0) is 14.5. The van der Waals surface area contributed by atoms with Gasteiger partial charge in [-0.1, -0.05) is 20.8 Å². The summed E-state index contributed by atoms with van der Waals surface area (Å²) in [5, 5.41) is 3.26. The standard InChI is InChI=1S/C16H26FN3/c1-4-8-18-11-13-7-9-19-16(15(13)17)20-10-5-6-14(20)12(2)3/h7,9,12,14,18H,4-6,8,10-11H2,1-3H3. The fourth-order valence-corrected chi connectivity index (χ4v) is 2.96. The molecule has 0 saturated carbocycles. The first-order valence-corrected chi connectivity index (χ1v) is 7.75. The molecule has 4 heteroatoms. The monoisotopic (exact) mass is 279 g/mol. The lowest BCUT2D eigenvalue weighted by Gasteiger charge is -2.29. The molecule has 0 spiro atoms. The van der Waals surface area contributed by atoms with E-state index in [1.165, 1.54) is 0 Å². The predicted molar refractivity (Wildman–Crippen MR) is 81.4 cm³/mol. The quantitative estimate of drug-likeness (QED) is 0.809. The molecule has 1 aliphatic heterocycles. The Morgan fingerprint density at radius 1 is 1.50 bits per heavy atom. The van der Waals surface area contributed by atoms with E-state index in [9.17, 15) is 4.39 Å². The van der Waals surface area contributed by atoms with Crippen molar-refractivity contribution in [2.75, 3.05) is 18.0 Å². The van der Waals surface area contributed by atoms with E-state index < -0.39 is 0 Å². The van der Waals surface area contributed by atoms with Gasteiger partial charge in [0.05, 0.1) is 0 Å². The average molecular weight is 279 g/mol. The molecule has 112 valence electrons. The Morgan fingerprint density at radius 3 is 3.00 bits per heavy atom. The highest BCUT2D eigenvalue weighted by molar-refractivity contribution is 5.45. The van der Waals surface area contributed by atoms with Crippen molar-refractivity contribution in [1.29, 1.82) is 0 Å². The van der Waals surface area contributed by atoms with Crippen LogP contribution in [0.1, 0.15) is 45.6 Å². The molecule has 0 aromatic carbocycles. The third-order valence-corrected chi connectivity index (χ3v) is 4.03. The zero-order valence-corrected chi connectivity index (χ0v) is 12.8. The predicted octanol–water partition coefficient (Wildman–Crippen LogP) is 3.35. The van der Waals surface area contributed by atoms with Crippen molar-refractivity contribution in [1.82, 2.24) is 10.3 Å². The number of halogens is 1. The number of hydrogen-bond acceptors (Lipinski definition) is 3. The van der Waals surface area contributed by atoms with Crippen LogP contribution in [0.25, 0.3) is 0 Å². The molecule has 1 unspecified atom stereocenters. The second-order valence-corrected chi connectivity index (χ2v) is 5.93. The van der Waals surface area contributed by atoms with Crippen molar-refractivity contribution in [2.45, 2.75) is 52.6 Å². The fraction of sp³-hybridized carbons (Fsp3) is 0.688. The molecule has 1 saturated heterocycles. The largest absolute Gasteiger partial charge is 0.351 e. The highest BCUT2D eigenvalue weighted by Gasteiger charge is 2.30. The highest BCUT2D eigenvalue weighted by Crippen LogP contribution is 2.30. The number of hydrogen-bond donors (Lipinski definition) is 1. The second kappa shape index (κ2) is 7.02. The van der Waals surface area contributed by atoms with Crippen LogP contribution < -0.4 is 10.2 Å². The minimum Gasteiger partial charge on any atom is -0.351 e. The molecule has 1 N–H and O–H groups in total. The maximum Gasteiger partial charge on any atom is 0.170 e. The maximum absolute atomic E-state index is 14.6. The van der Waals surface area contributed by atoms with Crippen molar-refractivity contribution in [2.24, 2.45) is 5.92 Å². The van der Waals surface area contributed by atoms with E-state index in [-0.39, 0.29) is 5.82 Å². The SMILES string of the molecule is CCCNCc1ccnc(N2CCCC2C(C)C)c1F. The smallest absolute Gasteiger partial charge is 0.170 e. The molecule has 0 aliphatic carbocycles. The number of pyridine rings is 1. The molecule has 0 radical (unpaired) electrons. The van der Waals surface area contributed by atoms with Gasteiger partial charge in [0.25, 0.3) is 0 Å². The third kappa shape index (κ3) is 3.29. The molecular formula is C16H26FN3. The molecule has 1 fully saturated rings. The Kier molecular flexibility index (Phi) is 5.35. The molecule has 20 heavy (non-hydrogen) atoms. The summed E-state index contributed by atoms with van der Waals surface area (Å²) in [6.07, 6.45) is 5.05. The van der Waals surface area contributed by atoms with Gasteiger partial charge >= 0.3 is 0 Å². The van der Waals surface area contributed by atoms with Crippen LogP contribution in [0.5, 0.6) is 0 Å². The summed E-state index contributed by atoms with van der Waals surface area (Å²) in [4.78, 5) is 6.46. The maximum atomic E-state index is 14.6. The van der Waals surface area contributed by atoms with Gasteiger partial charge in [-0.3, -0.25) is 0 Å². The molecule has 2 heterocycles. The normalized spacial score (nSPS) is 19.1. The van der Waals surface area contributed by atoms with E-state index in [1.807, 2.05) is 0 Å². The summed E-state index contributed by atoms with van der Waals surface area (Å²) < 4.78 is 14.6. The summed E-state index contributed by atoms with van der Waals surface area (Å²) in [5.74, 6) is 0.918. The van der Waals surface area contributed by atoms with Gasteiger partial charge < -0.3 is 10.2 Å². The molecular weight excluding hydrogens is 253 g/mol. The average Bonchev–Trinajstić information content (AvgIpc) is 2.90. The van der Waals surface area contributed by atoms with Crippen LogP contribution in [0.2, 0.25) is 0 Å². The molecule has 2 rings (SSSR count). The van der Waals surface area contributed by atoms with Gasteiger partial charge in [-0.15, -0.1) is 0 Å². The van der Waals surface area contributed by atoms with Gasteiger partial charge in [0.15, 0.2) is 11.6 Å². The summed E-state index contributed by atoms with van der Waals surface area (Å²) in [6.45, 7) is 8.92. The van der Waals surface area contributed by atoms with Gasteiger partial charge in [0.2, 0.25) is 0 Å². The minimum atomic E-state index is -0.149. The number of nitrogens with one attached hydrogen (secondary N) is 1. The highest BCUT2D eigenvalue weighted by atomic mass is 19.1. The van der Waals surface area contributed by atoms with Crippen LogP contribution in [-0.2, 0) is 6.54 Å². The van der Waals surface area contributed by atoms with Crippen molar-refractivity contribution in [3.63, 3.8) is 0 Å². The van der Waals surface area contributed by atoms with Crippen molar-refractivity contribution >= 4 is 5.82 Å². The number of rotatable bonds is 6.